The first-order valence-corrected chi connectivity index (χ1v) is 8.98. The number of amides is 4. The Labute approximate surface area is 162 Å². The number of rotatable bonds is 6. The van der Waals surface area contributed by atoms with Gasteiger partial charge in [-0.25, -0.2) is 0 Å². The van der Waals surface area contributed by atoms with E-state index in [4.69, 9.17) is 5.73 Å². The monoisotopic (exact) mass is 379 g/mol. The summed E-state index contributed by atoms with van der Waals surface area (Å²) in [6.07, 6.45) is 0.288. The number of carbonyl (C=O) groups excluding carboxylic acids is 4. The van der Waals surface area contributed by atoms with Crippen LogP contribution in [-0.4, -0.2) is 34.6 Å². The van der Waals surface area contributed by atoms with Crippen LogP contribution in [0.3, 0.4) is 0 Å². The lowest BCUT2D eigenvalue weighted by atomic mass is 10.0. The van der Waals surface area contributed by atoms with E-state index in [9.17, 15) is 19.2 Å². The second-order valence-electron chi connectivity index (χ2n) is 7.07. The fraction of sp³-hybridized carbons (Fsp3) is 0.238. The fourth-order valence-electron chi connectivity index (χ4n) is 3.29. The molecule has 1 aliphatic heterocycles. The Morgan fingerprint density at radius 3 is 2.04 bits per heavy atom. The minimum absolute atomic E-state index is 0.0476. The average molecular weight is 379 g/mol. The quantitative estimate of drug-likeness (QED) is 0.751. The van der Waals surface area contributed by atoms with Crippen LogP contribution in [0.2, 0.25) is 0 Å². The van der Waals surface area contributed by atoms with Crippen molar-refractivity contribution in [2.24, 2.45) is 11.7 Å². The largest absolute Gasteiger partial charge is 0.366 e. The molecular formula is C21H21N3O4. The molecule has 0 spiro atoms. The summed E-state index contributed by atoms with van der Waals surface area (Å²) in [7, 11) is 0. The minimum Gasteiger partial charge on any atom is -0.366 e. The molecule has 1 unspecified atom stereocenters. The second-order valence-corrected chi connectivity index (χ2v) is 7.07. The van der Waals surface area contributed by atoms with Gasteiger partial charge >= 0.3 is 0 Å². The number of nitrogens with zero attached hydrogens (tertiary/aromatic N) is 1. The third-order valence-corrected chi connectivity index (χ3v) is 4.58. The fourth-order valence-corrected chi connectivity index (χ4v) is 3.29. The van der Waals surface area contributed by atoms with Crippen LogP contribution in [0.25, 0.3) is 0 Å². The normalized spacial score (nSPS) is 14.2. The molecule has 0 bridgehead atoms. The molecule has 0 aliphatic carbocycles. The molecule has 0 radical (unpaired) electrons. The highest BCUT2D eigenvalue weighted by Crippen LogP contribution is 2.28. The van der Waals surface area contributed by atoms with Gasteiger partial charge in [0.05, 0.1) is 22.4 Å². The van der Waals surface area contributed by atoms with Gasteiger partial charge in [-0.2, -0.15) is 0 Å². The van der Waals surface area contributed by atoms with Crippen LogP contribution < -0.4 is 11.1 Å². The number of hydrogen-bond acceptors (Lipinski definition) is 4. The summed E-state index contributed by atoms with van der Waals surface area (Å²) in [4.78, 5) is 51.3. The third-order valence-electron chi connectivity index (χ3n) is 4.58. The molecule has 144 valence electrons. The van der Waals surface area contributed by atoms with Gasteiger partial charge in [0.2, 0.25) is 5.91 Å². The predicted molar refractivity (Wildman–Crippen MR) is 104 cm³/mol. The Morgan fingerprint density at radius 1 is 0.964 bits per heavy atom. The molecule has 1 atom stereocenters. The number of para-hydroxylation sites is 1. The summed E-state index contributed by atoms with van der Waals surface area (Å²) < 4.78 is 0. The number of imide groups is 1. The molecule has 2 aromatic carbocycles. The van der Waals surface area contributed by atoms with Crippen molar-refractivity contribution in [1.82, 2.24) is 4.90 Å². The molecule has 0 saturated heterocycles. The van der Waals surface area contributed by atoms with E-state index in [1.807, 2.05) is 13.8 Å². The van der Waals surface area contributed by atoms with E-state index in [0.717, 1.165) is 4.90 Å². The van der Waals surface area contributed by atoms with Crippen LogP contribution >= 0.6 is 0 Å². The van der Waals surface area contributed by atoms with Crippen molar-refractivity contribution in [3.8, 4) is 0 Å². The number of hydrogen-bond donors (Lipinski definition) is 2. The molecule has 0 saturated carbocycles. The zero-order chi connectivity index (χ0) is 20.4. The lowest BCUT2D eigenvalue weighted by molar-refractivity contribution is -0.120. The summed E-state index contributed by atoms with van der Waals surface area (Å²) in [6.45, 7) is 3.80. The Hall–Kier alpha value is -3.48. The van der Waals surface area contributed by atoms with Crippen LogP contribution in [-0.2, 0) is 4.79 Å². The first kappa shape index (κ1) is 19.3. The number of anilines is 1. The predicted octanol–water partition coefficient (Wildman–Crippen LogP) is 2.43. The first-order valence-electron chi connectivity index (χ1n) is 8.98. The molecular weight excluding hydrogens is 358 g/mol. The number of benzene rings is 2. The highest BCUT2D eigenvalue weighted by Gasteiger charge is 2.42. The van der Waals surface area contributed by atoms with E-state index in [-0.39, 0.29) is 34.7 Å². The molecule has 2 aromatic rings. The Balaban J connectivity index is 1.94. The highest BCUT2D eigenvalue weighted by atomic mass is 16.2. The Bertz CT molecular complexity index is 933. The zero-order valence-corrected chi connectivity index (χ0v) is 15.6. The lowest BCUT2D eigenvalue weighted by Gasteiger charge is -2.27. The van der Waals surface area contributed by atoms with Crippen LogP contribution in [0.5, 0.6) is 0 Å². The Morgan fingerprint density at radius 2 is 1.50 bits per heavy atom. The molecule has 1 heterocycles. The zero-order valence-electron chi connectivity index (χ0n) is 15.6. The summed E-state index contributed by atoms with van der Waals surface area (Å²) in [6, 6.07) is 11.8. The van der Waals surface area contributed by atoms with Crippen LogP contribution in [0.1, 0.15) is 51.3 Å². The standard InChI is InChI=1S/C21H21N3O4/c1-12(2)11-17(19(26)23-16-10-6-5-9-15(16)18(22)25)24-20(27)13-7-3-4-8-14(13)21(24)28/h3-10,12,17H,11H2,1-2H3,(H2,22,25)(H,23,26). The van der Waals surface area contributed by atoms with Crippen molar-refractivity contribution >= 4 is 29.3 Å². The van der Waals surface area contributed by atoms with Crippen LogP contribution in [0, 0.1) is 5.92 Å². The van der Waals surface area contributed by atoms with E-state index in [2.05, 4.69) is 5.32 Å². The van der Waals surface area contributed by atoms with Gasteiger partial charge in [0.15, 0.2) is 0 Å². The van der Waals surface area contributed by atoms with Gasteiger partial charge in [-0.3, -0.25) is 24.1 Å². The summed E-state index contributed by atoms with van der Waals surface area (Å²) in [5.74, 6) is -2.17. The van der Waals surface area contributed by atoms with Crippen LogP contribution in [0.15, 0.2) is 48.5 Å². The molecule has 0 aromatic heterocycles. The van der Waals surface area contributed by atoms with E-state index in [1.165, 1.54) is 6.07 Å². The van der Waals surface area contributed by atoms with Gasteiger partial charge < -0.3 is 11.1 Å². The van der Waals surface area contributed by atoms with E-state index < -0.39 is 29.7 Å². The molecule has 28 heavy (non-hydrogen) atoms. The smallest absolute Gasteiger partial charge is 0.262 e. The van der Waals surface area contributed by atoms with Crippen molar-refractivity contribution in [3.05, 3.63) is 65.2 Å². The maximum absolute atomic E-state index is 13.0. The van der Waals surface area contributed by atoms with E-state index in [0.29, 0.717) is 0 Å². The molecule has 1 aliphatic rings. The average Bonchev–Trinajstić information content (AvgIpc) is 2.91. The number of nitrogens with one attached hydrogen (secondary N) is 1. The van der Waals surface area contributed by atoms with Gasteiger partial charge in [-0.15, -0.1) is 0 Å². The topological polar surface area (TPSA) is 110 Å². The maximum Gasteiger partial charge on any atom is 0.262 e. The SMILES string of the molecule is CC(C)CC(C(=O)Nc1ccccc1C(N)=O)N1C(=O)c2ccccc2C1=O. The van der Waals surface area contributed by atoms with Crippen molar-refractivity contribution in [1.29, 1.82) is 0 Å². The third kappa shape index (κ3) is 3.51. The highest BCUT2D eigenvalue weighted by molar-refractivity contribution is 6.23. The molecule has 0 fully saturated rings. The number of carbonyl (C=O) groups is 4. The number of primary amides is 1. The second kappa shape index (κ2) is 7.64. The number of nitrogens with two attached hydrogens (primary N) is 1. The summed E-state index contributed by atoms with van der Waals surface area (Å²) in [5, 5.41) is 2.66. The van der Waals surface area contributed by atoms with Gasteiger partial charge in [-0.05, 0) is 36.6 Å². The number of fused-ring (bicyclic) bond motifs is 1. The molecule has 3 N–H and O–H groups in total. The van der Waals surface area contributed by atoms with Gasteiger partial charge in [0.25, 0.3) is 17.7 Å². The molecule has 7 nitrogen and oxygen atoms in total. The lowest BCUT2D eigenvalue weighted by Crippen LogP contribution is -2.48. The van der Waals surface area contributed by atoms with Gasteiger partial charge in [0, 0.05) is 0 Å². The van der Waals surface area contributed by atoms with Crippen molar-refractivity contribution in [2.75, 3.05) is 5.32 Å². The molecule has 7 heteroatoms. The Kier molecular flexibility index (Phi) is 5.26. The van der Waals surface area contributed by atoms with E-state index >= 15 is 0 Å². The maximum atomic E-state index is 13.0. The van der Waals surface area contributed by atoms with Gasteiger partial charge in [0.1, 0.15) is 6.04 Å². The molecule has 4 amide bonds. The van der Waals surface area contributed by atoms with E-state index in [1.54, 1.807) is 42.5 Å². The van der Waals surface area contributed by atoms with Crippen LogP contribution in [0.4, 0.5) is 5.69 Å². The molecule has 3 rings (SSSR count). The first-order chi connectivity index (χ1) is 13.3. The van der Waals surface area contributed by atoms with Crippen molar-refractivity contribution in [2.45, 2.75) is 26.3 Å². The summed E-state index contributed by atoms with van der Waals surface area (Å²) in [5.41, 5.74) is 6.33. The van der Waals surface area contributed by atoms with Gasteiger partial charge in [-0.1, -0.05) is 38.1 Å². The van der Waals surface area contributed by atoms with Crippen molar-refractivity contribution in [3.63, 3.8) is 0 Å². The minimum atomic E-state index is -1.01. The van der Waals surface area contributed by atoms with Crippen molar-refractivity contribution < 1.29 is 19.2 Å². The summed E-state index contributed by atoms with van der Waals surface area (Å²) >= 11 is 0.